The highest BCUT2D eigenvalue weighted by molar-refractivity contribution is 8.00. The molecule has 0 aliphatic heterocycles. The molecular weight excluding hydrogens is 288 g/mol. The number of nitrogen functional groups attached to an aromatic ring is 2. The predicted octanol–water partition coefficient (Wildman–Crippen LogP) is 4.12. The summed E-state index contributed by atoms with van der Waals surface area (Å²) in [7, 11) is 1.65. The molecule has 106 valence electrons. The Hall–Kier alpha value is -1.46. The maximum Gasteiger partial charge on any atom is 0.120 e. The van der Waals surface area contributed by atoms with E-state index in [1.165, 1.54) is 0 Å². The number of methoxy groups -OCH3 is 1. The molecule has 3 nitrogen and oxygen atoms in total. The zero-order valence-corrected chi connectivity index (χ0v) is 13.2. The van der Waals surface area contributed by atoms with E-state index in [9.17, 15) is 0 Å². The third-order valence-electron chi connectivity index (χ3n) is 2.73. The van der Waals surface area contributed by atoms with E-state index in [0.717, 1.165) is 37.6 Å². The minimum Gasteiger partial charge on any atom is -0.497 e. The summed E-state index contributed by atoms with van der Waals surface area (Å²) in [5, 5.41) is 0. The van der Waals surface area contributed by atoms with Crippen LogP contribution >= 0.6 is 23.5 Å². The summed E-state index contributed by atoms with van der Waals surface area (Å²) < 4.78 is 5.24. The minimum absolute atomic E-state index is 0.748. The Morgan fingerprint density at radius 2 is 1.70 bits per heavy atom. The van der Waals surface area contributed by atoms with Gasteiger partial charge in [0.05, 0.1) is 7.11 Å². The van der Waals surface area contributed by atoms with Gasteiger partial charge in [-0.25, -0.2) is 0 Å². The predicted molar refractivity (Wildman–Crippen MR) is 88.8 cm³/mol. The lowest BCUT2D eigenvalue weighted by Crippen LogP contribution is -1.91. The number of benzene rings is 2. The van der Waals surface area contributed by atoms with Crippen LogP contribution in [0.1, 0.15) is 6.92 Å². The van der Waals surface area contributed by atoms with Crippen LogP contribution in [0.15, 0.2) is 51.1 Å². The summed E-state index contributed by atoms with van der Waals surface area (Å²) in [6.45, 7) is 2.12. The lowest BCUT2D eigenvalue weighted by Gasteiger charge is -2.10. The van der Waals surface area contributed by atoms with Crippen molar-refractivity contribution in [3.63, 3.8) is 0 Å². The first-order valence-corrected chi connectivity index (χ1v) is 8.08. The molecule has 0 aliphatic carbocycles. The Balaban J connectivity index is 2.27. The molecule has 0 heterocycles. The summed E-state index contributed by atoms with van der Waals surface area (Å²) in [4.78, 5) is 3.22. The molecule has 0 amide bonds. The molecule has 0 fully saturated rings. The van der Waals surface area contributed by atoms with Gasteiger partial charge in [0.25, 0.3) is 0 Å². The summed E-state index contributed by atoms with van der Waals surface area (Å²) >= 11 is 3.36. The van der Waals surface area contributed by atoms with Crippen molar-refractivity contribution in [2.24, 2.45) is 0 Å². The van der Waals surface area contributed by atoms with E-state index in [2.05, 4.69) is 13.0 Å². The Labute approximate surface area is 128 Å². The van der Waals surface area contributed by atoms with Crippen molar-refractivity contribution in [2.75, 3.05) is 24.3 Å². The number of hydrogen-bond donors (Lipinski definition) is 2. The summed E-state index contributed by atoms with van der Waals surface area (Å²) in [6, 6.07) is 11.7. The topological polar surface area (TPSA) is 61.3 Å². The van der Waals surface area contributed by atoms with Gasteiger partial charge in [-0.1, -0.05) is 18.7 Å². The van der Waals surface area contributed by atoms with Crippen LogP contribution in [-0.2, 0) is 0 Å². The van der Waals surface area contributed by atoms with Crippen molar-refractivity contribution in [1.29, 1.82) is 0 Å². The Kier molecular flexibility index (Phi) is 5.09. The van der Waals surface area contributed by atoms with Gasteiger partial charge in [-0.15, -0.1) is 11.8 Å². The van der Waals surface area contributed by atoms with Gasteiger partial charge in [0.15, 0.2) is 0 Å². The number of nitrogens with two attached hydrogens (primary N) is 2. The first-order valence-electron chi connectivity index (χ1n) is 6.27. The quantitative estimate of drug-likeness (QED) is 0.642. The smallest absolute Gasteiger partial charge is 0.120 e. The second kappa shape index (κ2) is 6.81. The van der Waals surface area contributed by atoms with Crippen LogP contribution in [0, 0.1) is 0 Å². The molecule has 4 N–H and O–H groups in total. The van der Waals surface area contributed by atoms with E-state index in [1.54, 1.807) is 30.6 Å². The molecule has 2 aromatic carbocycles. The molecule has 0 unspecified atom stereocenters. The molecule has 5 heteroatoms. The fraction of sp³-hybridized carbons (Fsp3) is 0.200. The standard InChI is InChI=1S/C15H18N2OS2/c1-3-19-14-9-11(5-7-12(14)16)20-15-8-10(18-2)4-6-13(15)17/h4-9H,3,16-17H2,1-2H3. The van der Waals surface area contributed by atoms with Gasteiger partial charge in [-0.2, -0.15) is 0 Å². The van der Waals surface area contributed by atoms with E-state index in [1.807, 2.05) is 30.3 Å². The van der Waals surface area contributed by atoms with E-state index in [-0.39, 0.29) is 0 Å². The second-order valence-electron chi connectivity index (χ2n) is 4.14. The molecule has 0 aliphatic rings. The number of hydrogen-bond acceptors (Lipinski definition) is 5. The molecule has 0 radical (unpaired) electrons. The Bertz CT molecular complexity index is 602. The van der Waals surface area contributed by atoms with Gasteiger partial charge in [-0.05, 0) is 42.2 Å². The zero-order valence-electron chi connectivity index (χ0n) is 11.6. The van der Waals surface area contributed by atoms with Crippen LogP contribution in [0.3, 0.4) is 0 Å². The summed E-state index contributed by atoms with van der Waals surface area (Å²) in [5.41, 5.74) is 13.5. The van der Waals surface area contributed by atoms with Crippen LogP contribution in [0.25, 0.3) is 0 Å². The van der Waals surface area contributed by atoms with E-state index in [4.69, 9.17) is 16.2 Å². The largest absolute Gasteiger partial charge is 0.497 e. The highest BCUT2D eigenvalue weighted by Crippen LogP contribution is 2.37. The van der Waals surface area contributed by atoms with Crippen LogP contribution in [-0.4, -0.2) is 12.9 Å². The van der Waals surface area contributed by atoms with Crippen molar-refractivity contribution >= 4 is 34.9 Å². The SMILES string of the molecule is CCSc1cc(Sc2cc(OC)ccc2N)ccc1N. The molecule has 20 heavy (non-hydrogen) atoms. The Morgan fingerprint density at radius 3 is 2.40 bits per heavy atom. The highest BCUT2D eigenvalue weighted by Gasteiger charge is 2.06. The molecule has 0 saturated heterocycles. The number of rotatable bonds is 5. The molecule has 2 rings (SSSR count). The van der Waals surface area contributed by atoms with Crippen molar-refractivity contribution < 1.29 is 4.74 Å². The summed E-state index contributed by atoms with van der Waals surface area (Å²) in [6.07, 6.45) is 0. The maximum absolute atomic E-state index is 6.01. The maximum atomic E-state index is 6.01. The van der Waals surface area contributed by atoms with Crippen molar-refractivity contribution in [1.82, 2.24) is 0 Å². The molecular formula is C15H18N2OS2. The lowest BCUT2D eigenvalue weighted by molar-refractivity contribution is 0.414. The average Bonchev–Trinajstić information content (AvgIpc) is 2.45. The van der Waals surface area contributed by atoms with E-state index < -0.39 is 0 Å². The van der Waals surface area contributed by atoms with Gasteiger partial charge in [0.1, 0.15) is 5.75 Å². The van der Waals surface area contributed by atoms with Crippen LogP contribution < -0.4 is 16.2 Å². The van der Waals surface area contributed by atoms with Crippen LogP contribution in [0.4, 0.5) is 11.4 Å². The molecule has 0 aromatic heterocycles. The first kappa shape index (κ1) is 14.9. The monoisotopic (exact) mass is 306 g/mol. The van der Waals surface area contributed by atoms with Crippen LogP contribution in [0.2, 0.25) is 0 Å². The first-order chi connectivity index (χ1) is 9.63. The number of anilines is 2. The normalized spacial score (nSPS) is 10.5. The van der Waals surface area contributed by atoms with Crippen molar-refractivity contribution in [2.45, 2.75) is 21.6 Å². The second-order valence-corrected chi connectivity index (χ2v) is 6.56. The van der Waals surface area contributed by atoms with Crippen molar-refractivity contribution in [3.05, 3.63) is 36.4 Å². The third-order valence-corrected chi connectivity index (χ3v) is 4.75. The zero-order chi connectivity index (χ0) is 14.5. The number of thioether (sulfide) groups is 1. The van der Waals surface area contributed by atoms with Crippen LogP contribution in [0.5, 0.6) is 5.75 Å². The summed E-state index contributed by atoms with van der Waals surface area (Å²) in [5.74, 6) is 1.81. The number of ether oxygens (including phenoxy) is 1. The third kappa shape index (κ3) is 3.55. The molecule has 0 saturated carbocycles. The lowest BCUT2D eigenvalue weighted by atomic mass is 10.3. The van der Waals surface area contributed by atoms with Gasteiger partial charge >= 0.3 is 0 Å². The van der Waals surface area contributed by atoms with Crippen molar-refractivity contribution in [3.8, 4) is 5.75 Å². The van der Waals surface area contributed by atoms with Gasteiger partial charge in [0, 0.05) is 26.1 Å². The van der Waals surface area contributed by atoms with E-state index in [0.29, 0.717) is 0 Å². The Morgan fingerprint density at radius 1 is 1.00 bits per heavy atom. The molecule has 0 bridgehead atoms. The van der Waals surface area contributed by atoms with E-state index >= 15 is 0 Å². The minimum atomic E-state index is 0.748. The molecule has 0 atom stereocenters. The molecule has 0 spiro atoms. The fourth-order valence-electron chi connectivity index (χ4n) is 1.72. The highest BCUT2D eigenvalue weighted by atomic mass is 32.2. The van der Waals surface area contributed by atoms with Gasteiger partial charge in [0.2, 0.25) is 0 Å². The average molecular weight is 306 g/mol. The fourth-order valence-corrected chi connectivity index (χ4v) is 3.47. The van der Waals surface area contributed by atoms with Gasteiger partial charge in [-0.3, -0.25) is 0 Å². The molecule has 2 aromatic rings. The van der Waals surface area contributed by atoms with Gasteiger partial charge < -0.3 is 16.2 Å².